The monoisotopic (exact) mass is 417 g/mol. The lowest BCUT2D eigenvalue weighted by molar-refractivity contribution is 0.0685. The molecule has 2 unspecified atom stereocenters. The molecular formula is C17H21Cl2N3OS2. The quantitative estimate of drug-likeness (QED) is 0.792. The average molecular weight is 418 g/mol. The van der Waals surface area contributed by atoms with E-state index >= 15 is 0 Å². The molecule has 1 amide bonds. The zero-order valence-electron chi connectivity index (χ0n) is 14.1. The minimum Gasteiger partial charge on any atom is -0.338 e. The Kier molecular flexibility index (Phi) is 5.75. The first-order valence-corrected chi connectivity index (χ1v) is 10.3. The number of nitrogens with zero attached hydrogens (tertiary/aromatic N) is 2. The van der Waals surface area contributed by atoms with Gasteiger partial charge in [0.2, 0.25) is 0 Å². The zero-order valence-corrected chi connectivity index (χ0v) is 17.3. The van der Waals surface area contributed by atoms with Crippen molar-refractivity contribution in [2.24, 2.45) is 0 Å². The third-order valence-corrected chi connectivity index (χ3v) is 7.64. The van der Waals surface area contributed by atoms with Gasteiger partial charge >= 0.3 is 0 Å². The van der Waals surface area contributed by atoms with Gasteiger partial charge in [0.25, 0.3) is 5.91 Å². The highest BCUT2D eigenvalue weighted by Gasteiger charge is 2.37. The van der Waals surface area contributed by atoms with Crippen LogP contribution in [0.4, 0.5) is 0 Å². The van der Waals surface area contributed by atoms with Gasteiger partial charge in [-0.05, 0) is 44.7 Å². The molecule has 0 saturated carbocycles. The van der Waals surface area contributed by atoms with E-state index in [0.717, 1.165) is 37.6 Å². The van der Waals surface area contributed by atoms with Crippen LogP contribution in [-0.4, -0.2) is 41.0 Å². The van der Waals surface area contributed by atoms with Crippen LogP contribution in [0.5, 0.6) is 0 Å². The molecule has 2 fully saturated rings. The molecule has 4 rings (SSSR count). The lowest BCUT2D eigenvalue weighted by Gasteiger charge is -2.35. The molecule has 2 atom stereocenters. The van der Waals surface area contributed by atoms with Crippen LogP contribution < -0.4 is 5.32 Å². The van der Waals surface area contributed by atoms with E-state index < -0.39 is 0 Å². The maximum absolute atomic E-state index is 13.0. The normalized spacial score (nSPS) is 24.8. The van der Waals surface area contributed by atoms with E-state index in [-0.39, 0.29) is 18.3 Å². The third-order valence-electron chi connectivity index (χ3n) is 5.09. The van der Waals surface area contributed by atoms with E-state index in [1.165, 1.54) is 35.5 Å². The summed E-state index contributed by atoms with van der Waals surface area (Å²) in [6.45, 7) is 1.92. The summed E-state index contributed by atoms with van der Waals surface area (Å²) in [6.07, 6.45) is 4.60. The second-order valence-electron chi connectivity index (χ2n) is 6.72. The lowest BCUT2D eigenvalue weighted by Crippen LogP contribution is -2.48. The van der Waals surface area contributed by atoms with Crippen LogP contribution in [0.2, 0.25) is 4.34 Å². The van der Waals surface area contributed by atoms with Gasteiger partial charge in [0.05, 0.1) is 14.9 Å². The second kappa shape index (κ2) is 7.53. The van der Waals surface area contributed by atoms with Gasteiger partial charge in [0, 0.05) is 25.2 Å². The second-order valence-corrected chi connectivity index (χ2v) is 9.43. The van der Waals surface area contributed by atoms with Gasteiger partial charge in [0.15, 0.2) is 0 Å². The maximum atomic E-state index is 13.0. The van der Waals surface area contributed by atoms with Crippen LogP contribution in [0.1, 0.15) is 41.0 Å². The summed E-state index contributed by atoms with van der Waals surface area (Å²) in [7, 11) is 1.94. The number of hydrogen-bond donors (Lipinski definition) is 1. The van der Waals surface area contributed by atoms with Crippen molar-refractivity contribution in [3.05, 3.63) is 27.0 Å². The first kappa shape index (κ1) is 19.1. The van der Waals surface area contributed by atoms with Crippen LogP contribution in [0.3, 0.4) is 0 Å². The molecule has 2 aliphatic rings. The number of carbonyl (C=O) groups is 1. The van der Waals surface area contributed by atoms with Crippen molar-refractivity contribution < 1.29 is 4.79 Å². The van der Waals surface area contributed by atoms with Gasteiger partial charge in [-0.3, -0.25) is 4.79 Å². The number of halogens is 2. The number of aryl methyl sites for hydroxylation is 1. The predicted octanol–water partition coefficient (Wildman–Crippen LogP) is 4.61. The molecule has 2 bridgehead atoms. The Morgan fingerprint density at radius 1 is 1.28 bits per heavy atom. The number of thiophene rings is 1. The third kappa shape index (κ3) is 3.74. The molecule has 1 N–H and O–H groups in total. The molecule has 8 heteroatoms. The lowest BCUT2D eigenvalue weighted by atomic mass is 9.98. The molecule has 4 heterocycles. The summed E-state index contributed by atoms with van der Waals surface area (Å²) in [5.74, 6) is 0.102. The van der Waals surface area contributed by atoms with Crippen LogP contribution in [-0.2, 0) is 0 Å². The number of piperidine rings is 1. The van der Waals surface area contributed by atoms with E-state index in [1.54, 1.807) is 0 Å². The fourth-order valence-electron chi connectivity index (χ4n) is 3.80. The first-order valence-electron chi connectivity index (χ1n) is 8.27. The Labute approximate surface area is 167 Å². The SMILES string of the molecule is Cc1nc(-c2ccc(Cl)s2)sc1C(=O)N(C)C1CC2CCC(C1)N2.Cl. The summed E-state index contributed by atoms with van der Waals surface area (Å²) in [6, 6.07) is 5.33. The molecule has 2 aliphatic heterocycles. The average Bonchev–Trinajstić information content (AvgIpc) is 3.25. The zero-order chi connectivity index (χ0) is 16.8. The number of nitrogens with one attached hydrogen (secondary N) is 1. The smallest absolute Gasteiger partial charge is 0.265 e. The molecule has 0 aromatic carbocycles. The highest BCUT2D eigenvalue weighted by molar-refractivity contribution is 7.24. The van der Waals surface area contributed by atoms with E-state index in [4.69, 9.17) is 11.6 Å². The molecule has 0 radical (unpaired) electrons. The predicted molar refractivity (Wildman–Crippen MR) is 107 cm³/mol. The molecule has 136 valence electrons. The van der Waals surface area contributed by atoms with Crippen molar-refractivity contribution in [3.8, 4) is 9.88 Å². The fraction of sp³-hybridized carbons (Fsp3) is 0.529. The maximum Gasteiger partial charge on any atom is 0.265 e. The van der Waals surface area contributed by atoms with Gasteiger partial charge < -0.3 is 10.2 Å². The molecule has 0 aliphatic carbocycles. The van der Waals surface area contributed by atoms with Gasteiger partial charge in [-0.15, -0.1) is 35.1 Å². The van der Waals surface area contributed by atoms with Crippen molar-refractivity contribution in [2.75, 3.05) is 7.05 Å². The molecular weight excluding hydrogens is 397 g/mol. The summed E-state index contributed by atoms with van der Waals surface area (Å²) in [5.41, 5.74) is 0.813. The van der Waals surface area contributed by atoms with Crippen molar-refractivity contribution >= 4 is 52.6 Å². The molecule has 2 saturated heterocycles. The molecule has 4 nitrogen and oxygen atoms in total. The molecule has 25 heavy (non-hydrogen) atoms. The number of thiazole rings is 1. The van der Waals surface area contributed by atoms with Crippen molar-refractivity contribution in [2.45, 2.75) is 50.7 Å². The van der Waals surface area contributed by atoms with Crippen molar-refractivity contribution in [1.82, 2.24) is 15.2 Å². The van der Waals surface area contributed by atoms with Gasteiger partial charge in [-0.2, -0.15) is 0 Å². The van der Waals surface area contributed by atoms with Crippen LogP contribution in [0.15, 0.2) is 12.1 Å². The number of hydrogen-bond acceptors (Lipinski definition) is 5. The molecule has 0 spiro atoms. The van der Waals surface area contributed by atoms with E-state index in [9.17, 15) is 4.79 Å². The fourth-order valence-corrected chi connectivity index (χ4v) is 5.95. The van der Waals surface area contributed by atoms with Gasteiger partial charge in [0.1, 0.15) is 9.88 Å². The number of rotatable bonds is 3. The number of amides is 1. The highest BCUT2D eigenvalue weighted by atomic mass is 35.5. The topological polar surface area (TPSA) is 45.2 Å². The van der Waals surface area contributed by atoms with Crippen LogP contribution in [0, 0.1) is 6.92 Å². The van der Waals surface area contributed by atoms with Crippen molar-refractivity contribution in [3.63, 3.8) is 0 Å². The highest BCUT2D eigenvalue weighted by Crippen LogP contribution is 2.36. The van der Waals surface area contributed by atoms with Gasteiger partial charge in [-0.1, -0.05) is 11.6 Å². The minimum atomic E-state index is 0. The Balaban J connectivity index is 0.00000182. The van der Waals surface area contributed by atoms with Crippen molar-refractivity contribution in [1.29, 1.82) is 0 Å². The largest absolute Gasteiger partial charge is 0.338 e. The standard InChI is InChI=1S/C17H20ClN3OS2.ClH/c1-9-15(24-16(19-9)13-5-6-14(18)23-13)17(22)21(2)12-7-10-3-4-11(8-12)20-10;/h5-6,10-12,20H,3-4,7-8H2,1-2H3;1H. The summed E-state index contributed by atoms with van der Waals surface area (Å²) < 4.78 is 0.744. The minimum absolute atomic E-state index is 0. The number of aromatic nitrogens is 1. The van der Waals surface area contributed by atoms with E-state index in [0.29, 0.717) is 18.1 Å². The summed E-state index contributed by atoms with van der Waals surface area (Å²) in [4.78, 5) is 21.3. The van der Waals surface area contributed by atoms with Crippen LogP contribution in [0.25, 0.3) is 9.88 Å². The molecule has 2 aromatic rings. The Hall–Kier alpha value is -0.660. The van der Waals surface area contributed by atoms with Crippen LogP contribution >= 0.6 is 46.7 Å². The Morgan fingerprint density at radius 2 is 1.96 bits per heavy atom. The summed E-state index contributed by atoms with van der Waals surface area (Å²) >= 11 is 9.00. The Morgan fingerprint density at radius 3 is 2.56 bits per heavy atom. The first-order chi connectivity index (χ1) is 11.5. The van der Waals surface area contributed by atoms with E-state index in [2.05, 4.69) is 10.3 Å². The molecule has 2 aromatic heterocycles. The number of fused-ring (bicyclic) bond motifs is 2. The van der Waals surface area contributed by atoms with E-state index in [1.807, 2.05) is 31.0 Å². The summed E-state index contributed by atoms with van der Waals surface area (Å²) in [5, 5.41) is 4.52. The Bertz CT molecular complexity index is 764. The number of carbonyl (C=O) groups excluding carboxylic acids is 1. The van der Waals surface area contributed by atoms with Gasteiger partial charge in [-0.25, -0.2) is 4.98 Å².